The molecule has 0 bridgehead atoms. The molecule has 0 spiro atoms. The maximum atomic E-state index is 13.4. The number of hydrogen-bond donors (Lipinski definition) is 0. The Balaban J connectivity index is 1.09. The Bertz CT molecular complexity index is 1840. The SMILES string of the molecule is CC(C)(C)c1ccc(OCc2ccc(C(=O)OCC(=O)N3N=C(c4ccc5ccccc5c4)C[C@H]3c3ccccc3)cc2)cc1. The Morgan fingerprint density at radius 1 is 0.800 bits per heavy atom. The van der Waals surface area contributed by atoms with E-state index in [4.69, 9.17) is 14.6 Å². The van der Waals surface area contributed by atoms with Gasteiger partial charge in [-0.1, -0.05) is 112 Å². The van der Waals surface area contributed by atoms with Crippen LogP contribution in [0.1, 0.15) is 65.8 Å². The number of nitrogens with zero attached hydrogens (tertiary/aromatic N) is 2. The second kappa shape index (κ2) is 12.8. The number of carbonyl (C=O) groups is 2. The van der Waals surface area contributed by atoms with Crippen LogP contribution in [-0.2, 0) is 21.6 Å². The van der Waals surface area contributed by atoms with Crippen LogP contribution in [0.2, 0.25) is 0 Å². The molecule has 1 aliphatic rings. The van der Waals surface area contributed by atoms with Gasteiger partial charge in [-0.25, -0.2) is 9.80 Å². The lowest BCUT2D eigenvalue weighted by Crippen LogP contribution is -2.31. The first-order chi connectivity index (χ1) is 21.7. The summed E-state index contributed by atoms with van der Waals surface area (Å²) < 4.78 is 11.4. The number of esters is 1. The molecule has 6 nitrogen and oxygen atoms in total. The summed E-state index contributed by atoms with van der Waals surface area (Å²) in [4.78, 5) is 26.3. The summed E-state index contributed by atoms with van der Waals surface area (Å²) in [6.07, 6.45) is 0.562. The molecule has 0 saturated carbocycles. The van der Waals surface area contributed by atoms with Crippen LogP contribution in [0, 0.1) is 0 Å². The Labute approximate surface area is 263 Å². The van der Waals surface area contributed by atoms with Crippen molar-refractivity contribution in [3.63, 3.8) is 0 Å². The predicted molar refractivity (Wildman–Crippen MR) is 177 cm³/mol. The molecular formula is C39H36N2O4. The Hall–Kier alpha value is -5.23. The zero-order valence-corrected chi connectivity index (χ0v) is 25.8. The third-order valence-corrected chi connectivity index (χ3v) is 8.08. The lowest BCUT2D eigenvalue weighted by atomic mass is 9.87. The number of benzene rings is 5. The van der Waals surface area contributed by atoms with Crippen LogP contribution in [0.4, 0.5) is 0 Å². The molecule has 226 valence electrons. The first-order valence-corrected chi connectivity index (χ1v) is 15.2. The van der Waals surface area contributed by atoms with Crippen LogP contribution >= 0.6 is 0 Å². The maximum absolute atomic E-state index is 13.4. The summed E-state index contributed by atoms with van der Waals surface area (Å²) >= 11 is 0. The molecule has 0 fully saturated rings. The van der Waals surface area contributed by atoms with E-state index in [1.165, 1.54) is 10.6 Å². The average molecular weight is 597 g/mol. The van der Waals surface area contributed by atoms with Crippen LogP contribution in [0.5, 0.6) is 5.75 Å². The van der Waals surface area contributed by atoms with Crippen molar-refractivity contribution in [2.75, 3.05) is 6.61 Å². The van der Waals surface area contributed by atoms with Crippen LogP contribution in [0.3, 0.4) is 0 Å². The standard InChI is InChI=1S/C39H36N2O4/c1-39(2,3)33-19-21-34(22-20-33)44-25-27-13-15-30(16-14-27)38(43)45-26-37(42)41-36(29-10-5-4-6-11-29)24-35(40-41)32-18-17-28-9-7-8-12-31(28)23-32/h4-23,36H,24-26H2,1-3H3/t36-/m0/s1. The van der Waals surface area contributed by atoms with Crippen molar-refractivity contribution in [3.05, 3.63) is 149 Å². The molecule has 0 N–H and O–H groups in total. The molecule has 5 aromatic rings. The van der Waals surface area contributed by atoms with Crippen molar-refractivity contribution >= 4 is 28.4 Å². The summed E-state index contributed by atoms with van der Waals surface area (Å²) in [5, 5.41) is 8.46. The zero-order valence-electron chi connectivity index (χ0n) is 25.8. The molecule has 0 aliphatic carbocycles. The van der Waals surface area contributed by atoms with E-state index in [1.54, 1.807) is 12.1 Å². The predicted octanol–water partition coefficient (Wildman–Crippen LogP) is 8.25. The Morgan fingerprint density at radius 3 is 2.20 bits per heavy atom. The van der Waals surface area contributed by atoms with Crippen molar-refractivity contribution in [1.29, 1.82) is 0 Å². The minimum atomic E-state index is -0.567. The zero-order chi connectivity index (χ0) is 31.4. The van der Waals surface area contributed by atoms with Crippen LogP contribution < -0.4 is 4.74 Å². The molecule has 1 atom stereocenters. The summed E-state index contributed by atoms with van der Waals surface area (Å²) in [5.41, 5.74) is 5.36. The molecule has 45 heavy (non-hydrogen) atoms. The number of carbonyl (C=O) groups excluding carboxylic acids is 2. The number of ether oxygens (including phenoxy) is 2. The molecule has 6 rings (SSSR count). The molecule has 0 saturated heterocycles. The first-order valence-electron chi connectivity index (χ1n) is 15.2. The van der Waals surface area contributed by atoms with Crippen molar-refractivity contribution in [1.82, 2.24) is 5.01 Å². The molecule has 1 amide bonds. The van der Waals surface area contributed by atoms with E-state index in [9.17, 15) is 9.59 Å². The van der Waals surface area contributed by atoms with Gasteiger partial charge < -0.3 is 9.47 Å². The molecule has 5 aromatic carbocycles. The third-order valence-electron chi connectivity index (χ3n) is 8.08. The van der Waals surface area contributed by atoms with E-state index >= 15 is 0 Å². The normalized spacial score (nSPS) is 14.7. The molecule has 1 aliphatic heterocycles. The Kier molecular flexibility index (Phi) is 8.47. The van der Waals surface area contributed by atoms with E-state index in [-0.39, 0.29) is 17.4 Å². The molecule has 0 radical (unpaired) electrons. The van der Waals surface area contributed by atoms with Crippen LogP contribution in [0.15, 0.2) is 126 Å². The summed E-state index contributed by atoms with van der Waals surface area (Å²) in [5.74, 6) is -0.162. The monoisotopic (exact) mass is 596 g/mol. The van der Waals surface area contributed by atoms with E-state index in [1.807, 2.05) is 72.8 Å². The first kappa shape index (κ1) is 29.8. The lowest BCUT2D eigenvalue weighted by Gasteiger charge is -2.21. The molecular weight excluding hydrogens is 560 g/mol. The lowest BCUT2D eigenvalue weighted by molar-refractivity contribution is -0.136. The van der Waals surface area contributed by atoms with Gasteiger partial charge in [0.15, 0.2) is 6.61 Å². The minimum Gasteiger partial charge on any atom is -0.489 e. The van der Waals surface area contributed by atoms with Crippen LogP contribution in [0.25, 0.3) is 10.8 Å². The van der Waals surface area contributed by atoms with Gasteiger partial charge in [0.25, 0.3) is 5.91 Å². The highest BCUT2D eigenvalue weighted by Gasteiger charge is 2.33. The van der Waals surface area contributed by atoms with Gasteiger partial charge in [-0.15, -0.1) is 0 Å². The van der Waals surface area contributed by atoms with E-state index in [0.29, 0.717) is 18.6 Å². The number of amides is 1. The van der Waals surface area contributed by atoms with Crippen LogP contribution in [-0.4, -0.2) is 29.2 Å². The largest absolute Gasteiger partial charge is 0.489 e. The maximum Gasteiger partial charge on any atom is 0.338 e. The topological polar surface area (TPSA) is 68.2 Å². The van der Waals surface area contributed by atoms with Gasteiger partial charge in [0.1, 0.15) is 12.4 Å². The van der Waals surface area contributed by atoms with E-state index in [2.05, 4.69) is 57.2 Å². The number of hydrogen-bond acceptors (Lipinski definition) is 5. The highest BCUT2D eigenvalue weighted by Crippen LogP contribution is 2.33. The minimum absolute atomic E-state index is 0.0830. The van der Waals surface area contributed by atoms with Gasteiger partial charge in [0.05, 0.1) is 17.3 Å². The highest BCUT2D eigenvalue weighted by atomic mass is 16.5. The van der Waals surface area contributed by atoms with Gasteiger partial charge in [-0.05, 0) is 68.8 Å². The number of rotatable bonds is 8. The fourth-order valence-corrected chi connectivity index (χ4v) is 5.45. The van der Waals surface area contributed by atoms with Gasteiger partial charge >= 0.3 is 5.97 Å². The second-order valence-electron chi connectivity index (χ2n) is 12.3. The van der Waals surface area contributed by atoms with Gasteiger partial charge in [-0.2, -0.15) is 5.10 Å². The average Bonchev–Trinajstić information content (AvgIpc) is 3.52. The third kappa shape index (κ3) is 6.96. The molecule has 0 aromatic heterocycles. The van der Waals surface area contributed by atoms with Crippen molar-refractivity contribution in [2.45, 2.75) is 45.3 Å². The van der Waals surface area contributed by atoms with Crippen molar-refractivity contribution in [3.8, 4) is 5.75 Å². The van der Waals surface area contributed by atoms with E-state index in [0.717, 1.165) is 38.9 Å². The molecule has 1 heterocycles. The second-order valence-corrected chi connectivity index (χ2v) is 12.3. The summed E-state index contributed by atoms with van der Waals surface area (Å²) in [7, 11) is 0. The van der Waals surface area contributed by atoms with Gasteiger partial charge in [0, 0.05) is 6.42 Å². The number of hydrazone groups is 1. The molecule has 0 unspecified atom stereocenters. The fourth-order valence-electron chi connectivity index (χ4n) is 5.45. The summed E-state index contributed by atoms with van der Waals surface area (Å²) in [6, 6.07) is 39.0. The van der Waals surface area contributed by atoms with Gasteiger partial charge in [0.2, 0.25) is 0 Å². The van der Waals surface area contributed by atoms with Gasteiger partial charge in [-0.3, -0.25) is 4.79 Å². The Morgan fingerprint density at radius 2 is 1.49 bits per heavy atom. The van der Waals surface area contributed by atoms with Crippen molar-refractivity contribution in [2.24, 2.45) is 5.10 Å². The molecule has 6 heteroatoms. The van der Waals surface area contributed by atoms with E-state index < -0.39 is 12.6 Å². The smallest absolute Gasteiger partial charge is 0.338 e. The summed E-state index contributed by atoms with van der Waals surface area (Å²) in [6.45, 7) is 6.49. The highest BCUT2D eigenvalue weighted by molar-refractivity contribution is 6.05. The van der Waals surface area contributed by atoms with Crippen molar-refractivity contribution < 1.29 is 19.1 Å². The quantitative estimate of drug-likeness (QED) is 0.169. The number of fused-ring (bicyclic) bond motifs is 1. The fraction of sp³-hybridized carbons (Fsp3) is 0.205.